The molecule has 0 aliphatic carbocycles. The second-order valence-electron chi connectivity index (χ2n) is 6.03. The summed E-state index contributed by atoms with van der Waals surface area (Å²) in [6.07, 6.45) is 1.75. The summed E-state index contributed by atoms with van der Waals surface area (Å²) in [5.41, 5.74) is 3.72. The van der Waals surface area contributed by atoms with Crippen molar-refractivity contribution in [3.8, 4) is 16.9 Å². The molecule has 4 nitrogen and oxygen atoms in total. The van der Waals surface area contributed by atoms with E-state index in [1.807, 2.05) is 54.6 Å². The van der Waals surface area contributed by atoms with E-state index >= 15 is 0 Å². The number of aromatic carboxylic acids is 1. The third-order valence-corrected chi connectivity index (χ3v) is 4.03. The highest BCUT2D eigenvalue weighted by molar-refractivity contribution is 5.94. The topological polar surface area (TPSA) is 63.6 Å². The number of carboxylic acids is 1. The maximum absolute atomic E-state index is 12.2. The molecule has 0 fully saturated rings. The Balaban J connectivity index is 1.69. The van der Waals surface area contributed by atoms with Gasteiger partial charge in [0.25, 0.3) is 0 Å². The van der Waals surface area contributed by atoms with Gasteiger partial charge in [0.1, 0.15) is 5.75 Å². The lowest BCUT2D eigenvalue weighted by Crippen LogP contribution is -2.09. The van der Waals surface area contributed by atoms with Gasteiger partial charge in [0.2, 0.25) is 0 Å². The second kappa shape index (κ2) is 8.15. The molecule has 1 N–H and O–H groups in total. The first-order chi connectivity index (χ1) is 13.0. The smallest absolute Gasteiger partial charge is 0.339 e. The molecule has 0 aliphatic heterocycles. The van der Waals surface area contributed by atoms with Gasteiger partial charge in [0.15, 0.2) is 0 Å². The molecule has 0 spiro atoms. The molecule has 134 valence electrons. The molecular formula is C23H18O4. The van der Waals surface area contributed by atoms with E-state index in [1.54, 1.807) is 13.0 Å². The van der Waals surface area contributed by atoms with Crippen LogP contribution in [-0.4, -0.2) is 17.0 Å². The Bertz CT molecular complexity index is 969. The lowest BCUT2D eigenvalue weighted by molar-refractivity contribution is -0.130. The van der Waals surface area contributed by atoms with Crippen LogP contribution in [0.25, 0.3) is 17.2 Å². The minimum Gasteiger partial charge on any atom is -0.478 e. The average Bonchev–Trinajstić information content (AvgIpc) is 2.69. The monoisotopic (exact) mass is 358 g/mol. The molecule has 3 aromatic rings. The number of ether oxygens (including phenoxy) is 1. The largest absolute Gasteiger partial charge is 0.478 e. The summed E-state index contributed by atoms with van der Waals surface area (Å²) in [5, 5.41) is 8.89. The van der Waals surface area contributed by atoms with Crippen LogP contribution in [0.3, 0.4) is 0 Å². The van der Waals surface area contributed by atoms with Gasteiger partial charge >= 0.3 is 11.9 Å². The van der Waals surface area contributed by atoms with Crippen LogP contribution in [-0.2, 0) is 4.79 Å². The highest BCUT2D eigenvalue weighted by Gasteiger charge is 2.09. The average molecular weight is 358 g/mol. The van der Waals surface area contributed by atoms with Crippen LogP contribution in [0.15, 0.2) is 84.4 Å². The van der Waals surface area contributed by atoms with Crippen molar-refractivity contribution in [1.82, 2.24) is 0 Å². The lowest BCUT2D eigenvalue weighted by Gasteiger charge is -2.06. The Labute approximate surface area is 157 Å². The van der Waals surface area contributed by atoms with Crippen LogP contribution < -0.4 is 4.74 Å². The van der Waals surface area contributed by atoms with Crippen LogP contribution in [0, 0.1) is 0 Å². The van der Waals surface area contributed by atoms with Gasteiger partial charge in [-0.1, -0.05) is 54.6 Å². The zero-order valence-corrected chi connectivity index (χ0v) is 14.8. The summed E-state index contributed by atoms with van der Waals surface area (Å²) in [4.78, 5) is 23.1. The fraction of sp³-hybridized carbons (Fsp3) is 0.0435. The van der Waals surface area contributed by atoms with E-state index in [1.165, 1.54) is 24.3 Å². The second-order valence-corrected chi connectivity index (χ2v) is 6.03. The first-order valence-corrected chi connectivity index (χ1v) is 8.42. The molecule has 0 aliphatic rings. The number of rotatable bonds is 5. The first-order valence-electron chi connectivity index (χ1n) is 8.42. The zero-order chi connectivity index (χ0) is 19.2. The summed E-state index contributed by atoms with van der Waals surface area (Å²) in [7, 11) is 0. The van der Waals surface area contributed by atoms with E-state index in [2.05, 4.69) is 0 Å². The Morgan fingerprint density at radius 3 is 2.00 bits per heavy atom. The van der Waals surface area contributed by atoms with E-state index in [9.17, 15) is 9.59 Å². The lowest BCUT2D eigenvalue weighted by atomic mass is 10.0. The number of carboxylic acid groups (broad SMARTS) is 1. The SMILES string of the molecule is C/C(=C\c1ccc(-c2ccccc2)cc1)C(=O)Oc1ccc(C(=O)O)cc1. The van der Waals surface area contributed by atoms with E-state index < -0.39 is 11.9 Å². The van der Waals surface area contributed by atoms with E-state index in [4.69, 9.17) is 9.84 Å². The zero-order valence-electron chi connectivity index (χ0n) is 14.8. The summed E-state index contributed by atoms with van der Waals surface area (Å²) in [5.74, 6) is -1.20. The molecule has 0 unspecified atom stereocenters. The van der Waals surface area contributed by atoms with Crippen molar-refractivity contribution in [2.24, 2.45) is 0 Å². The first kappa shape index (κ1) is 18.1. The van der Waals surface area contributed by atoms with Crippen molar-refractivity contribution < 1.29 is 19.4 Å². The third kappa shape index (κ3) is 4.70. The number of hydrogen-bond acceptors (Lipinski definition) is 3. The van der Waals surface area contributed by atoms with Crippen LogP contribution in [0.4, 0.5) is 0 Å². The minimum atomic E-state index is -1.03. The quantitative estimate of drug-likeness (QED) is 0.393. The molecule has 3 rings (SSSR count). The van der Waals surface area contributed by atoms with Gasteiger partial charge in [0, 0.05) is 5.57 Å². The minimum absolute atomic E-state index is 0.139. The van der Waals surface area contributed by atoms with E-state index in [0.29, 0.717) is 11.3 Å². The molecule has 0 bridgehead atoms. The van der Waals surface area contributed by atoms with Gasteiger partial charge in [-0.3, -0.25) is 0 Å². The molecule has 3 aromatic carbocycles. The standard InChI is InChI=1S/C23H18O4/c1-16(23(26)27-21-13-11-20(12-14-21)22(24)25)15-17-7-9-19(10-8-17)18-5-3-2-4-6-18/h2-15H,1H3,(H,24,25)/b16-15+. The highest BCUT2D eigenvalue weighted by Crippen LogP contribution is 2.20. The predicted molar refractivity (Wildman–Crippen MR) is 105 cm³/mol. The van der Waals surface area contributed by atoms with Crippen molar-refractivity contribution in [2.75, 3.05) is 0 Å². The maximum atomic E-state index is 12.2. The van der Waals surface area contributed by atoms with Gasteiger partial charge in [-0.25, -0.2) is 9.59 Å². The Morgan fingerprint density at radius 2 is 1.41 bits per heavy atom. The summed E-state index contributed by atoms with van der Waals surface area (Å²) in [6, 6.07) is 23.7. The van der Waals surface area contributed by atoms with Gasteiger partial charge < -0.3 is 9.84 Å². The summed E-state index contributed by atoms with van der Waals surface area (Å²) >= 11 is 0. The van der Waals surface area contributed by atoms with Gasteiger partial charge in [-0.15, -0.1) is 0 Å². The molecule has 0 atom stereocenters. The number of carbonyl (C=O) groups is 2. The van der Waals surface area contributed by atoms with Crippen molar-refractivity contribution >= 4 is 18.0 Å². The number of benzene rings is 3. The third-order valence-electron chi connectivity index (χ3n) is 4.03. The van der Waals surface area contributed by atoms with E-state index in [0.717, 1.165) is 16.7 Å². The number of hydrogen-bond donors (Lipinski definition) is 1. The molecule has 0 heterocycles. The van der Waals surface area contributed by atoms with Crippen LogP contribution in [0.2, 0.25) is 0 Å². The van der Waals surface area contributed by atoms with Crippen LogP contribution >= 0.6 is 0 Å². The van der Waals surface area contributed by atoms with E-state index in [-0.39, 0.29) is 5.56 Å². The van der Waals surface area contributed by atoms with Crippen molar-refractivity contribution in [3.63, 3.8) is 0 Å². The molecule has 0 saturated carbocycles. The Morgan fingerprint density at radius 1 is 0.815 bits per heavy atom. The predicted octanol–water partition coefficient (Wildman–Crippen LogP) is 5.06. The maximum Gasteiger partial charge on any atom is 0.339 e. The normalized spacial score (nSPS) is 11.1. The molecular weight excluding hydrogens is 340 g/mol. The fourth-order valence-corrected chi connectivity index (χ4v) is 2.56. The van der Waals surface area contributed by atoms with Crippen molar-refractivity contribution in [3.05, 3.63) is 95.6 Å². The van der Waals surface area contributed by atoms with Crippen molar-refractivity contribution in [2.45, 2.75) is 6.92 Å². The highest BCUT2D eigenvalue weighted by atomic mass is 16.5. The van der Waals surface area contributed by atoms with Crippen LogP contribution in [0.5, 0.6) is 5.75 Å². The molecule has 4 heteroatoms. The summed E-state index contributed by atoms with van der Waals surface area (Å²) < 4.78 is 5.28. The molecule has 0 saturated heterocycles. The Hall–Kier alpha value is -3.66. The Kier molecular flexibility index (Phi) is 5.47. The number of carbonyl (C=O) groups excluding carboxylic acids is 1. The van der Waals surface area contributed by atoms with Crippen LogP contribution in [0.1, 0.15) is 22.8 Å². The molecule has 0 radical (unpaired) electrons. The van der Waals surface area contributed by atoms with Gasteiger partial charge in [-0.05, 0) is 54.0 Å². The number of esters is 1. The molecule has 0 aromatic heterocycles. The molecule has 0 amide bonds. The summed E-state index contributed by atoms with van der Waals surface area (Å²) in [6.45, 7) is 1.68. The van der Waals surface area contributed by atoms with Gasteiger partial charge in [-0.2, -0.15) is 0 Å². The molecule has 27 heavy (non-hydrogen) atoms. The van der Waals surface area contributed by atoms with Gasteiger partial charge in [0.05, 0.1) is 5.56 Å². The fourth-order valence-electron chi connectivity index (χ4n) is 2.56. The van der Waals surface area contributed by atoms with Crippen molar-refractivity contribution in [1.29, 1.82) is 0 Å².